The number of benzene rings is 2. The Bertz CT molecular complexity index is 957. The molecule has 1 aliphatic carbocycles. The average molecular weight is 350 g/mol. The number of carbonyl (C=O) groups is 1. The fraction of sp³-hybridized carbons (Fsp3) is 0.286. The topological polar surface area (TPSA) is 74.5 Å². The average Bonchev–Trinajstić information content (AvgIpc) is 2.90. The van der Waals surface area contributed by atoms with Crippen LogP contribution in [0.25, 0.3) is 10.9 Å². The molecule has 0 atom stereocenters. The van der Waals surface area contributed by atoms with Crippen molar-refractivity contribution in [2.24, 2.45) is 0 Å². The Kier molecular flexibility index (Phi) is 4.39. The zero-order valence-electron chi connectivity index (χ0n) is 14.5. The number of phenols is 1. The maximum absolute atomic E-state index is 12.1. The largest absolute Gasteiger partial charge is 0.508 e. The summed E-state index contributed by atoms with van der Waals surface area (Å²) >= 11 is 0. The molecule has 1 saturated carbocycles. The van der Waals surface area contributed by atoms with Gasteiger partial charge in [0, 0.05) is 34.6 Å². The van der Waals surface area contributed by atoms with Gasteiger partial charge in [-0.25, -0.2) is 4.79 Å². The first-order valence-corrected chi connectivity index (χ1v) is 8.99. The van der Waals surface area contributed by atoms with Crippen LogP contribution in [-0.2, 0) is 13.1 Å². The summed E-state index contributed by atoms with van der Waals surface area (Å²) in [7, 11) is 0. The second-order valence-electron chi connectivity index (χ2n) is 6.87. The van der Waals surface area contributed by atoms with E-state index in [4.69, 9.17) is 0 Å². The normalized spacial score (nSPS) is 14.5. The molecule has 0 saturated heterocycles. The van der Waals surface area contributed by atoms with E-state index < -0.39 is 5.97 Å². The Morgan fingerprint density at radius 1 is 1.12 bits per heavy atom. The zero-order chi connectivity index (χ0) is 18.1. The van der Waals surface area contributed by atoms with Gasteiger partial charge in [-0.05, 0) is 25.0 Å². The first-order chi connectivity index (χ1) is 12.6. The van der Waals surface area contributed by atoms with E-state index in [0.717, 1.165) is 29.3 Å². The minimum Gasteiger partial charge on any atom is -0.508 e. The highest BCUT2D eigenvalue weighted by atomic mass is 16.4. The second-order valence-corrected chi connectivity index (χ2v) is 6.87. The first kappa shape index (κ1) is 16.7. The van der Waals surface area contributed by atoms with Gasteiger partial charge in [0.05, 0.1) is 6.54 Å². The predicted molar refractivity (Wildman–Crippen MR) is 101 cm³/mol. The van der Waals surface area contributed by atoms with Crippen molar-refractivity contribution >= 4 is 16.9 Å². The molecule has 2 aromatic carbocycles. The van der Waals surface area contributed by atoms with Crippen molar-refractivity contribution in [3.8, 4) is 5.75 Å². The van der Waals surface area contributed by atoms with Crippen LogP contribution in [0.2, 0.25) is 0 Å². The smallest absolute Gasteiger partial charge is 0.352 e. The predicted octanol–water partition coefficient (Wildman–Crippen LogP) is 3.74. The number of hydrogen-bond acceptors (Lipinski definition) is 3. The van der Waals surface area contributed by atoms with Crippen LogP contribution in [0.1, 0.15) is 40.9 Å². The molecule has 0 radical (unpaired) electrons. The van der Waals surface area contributed by atoms with E-state index in [2.05, 4.69) is 5.32 Å². The van der Waals surface area contributed by atoms with Gasteiger partial charge in [0.25, 0.3) is 0 Å². The minimum absolute atomic E-state index is 0.177. The van der Waals surface area contributed by atoms with Crippen LogP contribution < -0.4 is 5.32 Å². The Morgan fingerprint density at radius 2 is 1.85 bits per heavy atom. The molecule has 26 heavy (non-hydrogen) atoms. The SMILES string of the molecule is O=C(O)c1c(CNC2CCC2)c2ccccc2n1Cc1ccccc1O. The lowest BCUT2D eigenvalue weighted by Gasteiger charge is -2.26. The summed E-state index contributed by atoms with van der Waals surface area (Å²) in [5, 5.41) is 24.5. The van der Waals surface area contributed by atoms with Gasteiger partial charge in [0.1, 0.15) is 11.4 Å². The summed E-state index contributed by atoms with van der Waals surface area (Å²) in [6.07, 6.45) is 3.54. The number of nitrogens with zero attached hydrogens (tertiary/aromatic N) is 1. The highest BCUT2D eigenvalue weighted by molar-refractivity contribution is 5.98. The number of fused-ring (bicyclic) bond motifs is 1. The summed E-state index contributed by atoms with van der Waals surface area (Å²) in [5.74, 6) is -0.766. The van der Waals surface area contributed by atoms with Crippen molar-refractivity contribution in [2.45, 2.75) is 38.4 Å². The van der Waals surface area contributed by atoms with Crippen LogP contribution >= 0.6 is 0 Å². The molecule has 1 fully saturated rings. The number of carboxylic acids is 1. The Hall–Kier alpha value is -2.79. The number of aromatic nitrogens is 1. The van der Waals surface area contributed by atoms with E-state index in [0.29, 0.717) is 30.4 Å². The van der Waals surface area contributed by atoms with Crippen molar-refractivity contribution in [2.75, 3.05) is 0 Å². The molecule has 1 aliphatic rings. The summed E-state index contributed by atoms with van der Waals surface area (Å²) in [5.41, 5.74) is 2.68. The zero-order valence-corrected chi connectivity index (χ0v) is 14.5. The molecule has 5 heteroatoms. The molecule has 1 aromatic heterocycles. The number of aromatic carboxylic acids is 1. The molecule has 4 rings (SSSR count). The van der Waals surface area contributed by atoms with Gasteiger partial charge in [-0.3, -0.25) is 0 Å². The number of nitrogens with one attached hydrogen (secondary N) is 1. The monoisotopic (exact) mass is 350 g/mol. The molecular formula is C21H22N2O3. The van der Waals surface area contributed by atoms with Gasteiger partial charge in [-0.15, -0.1) is 0 Å². The summed E-state index contributed by atoms with van der Waals surface area (Å²) < 4.78 is 1.80. The van der Waals surface area contributed by atoms with Crippen molar-refractivity contribution in [1.82, 2.24) is 9.88 Å². The molecule has 5 nitrogen and oxygen atoms in total. The maximum atomic E-state index is 12.1. The third kappa shape index (κ3) is 2.95. The highest BCUT2D eigenvalue weighted by Gasteiger charge is 2.24. The molecule has 0 aliphatic heterocycles. The third-order valence-electron chi connectivity index (χ3n) is 5.27. The third-order valence-corrected chi connectivity index (χ3v) is 5.27. The Balaban J connectivity index is 1.81. The van der Waals surface area contributed by atoms with E-state index in [1.54, 1.807) is 16.7 Å². The van der Waals surface area contributed by atoms with E-state index in [-0.39, 0.29) is 5.75 Å². The van der Waals surface area contributed by atoms with Crippen LogP contribution in [0.4, 0.5) is 0 Å². The number of phenolic OH excluding ortho intramolecular Hbond substituents is 1. The first-order valence-electron chi connectivity index (χ1n) is 8.99. The lowest BCUT2D eigenvalue weighted by Crippen LogP contribution is -2.34. The maximum Gasteiger partial charge on any atom is 0.352 e. The lowest BCUT2D eigenvalue weighted by atomic mass is 9.93. The molecule has 0 unspecified atom stereocenters. The Morgan fingerprint density at radius 3 is 2.54 bits per heavy atom. The van der Waals surface area contributed by atoms with Crippen molar-refractivity contribution in [1.29, 1.82) is 0 Å². The highest BCUT2D eigenvalue weighted by Crippen LogP contribution is 2.30. The fourth-order valence-corrected chi connectivity index (χ4v) is 3.64. The van der Waals surface area contributed by atoms with Crippen LogP contribution in [0.5, 0.6) is 5.75 Å². The van der Waals surface area contributed by atoms with Gasteiger partial charge in [-0.2, -0.15) is 0 Å². The van der Waals surface area contributed by atoms with Gasteiger partial charge in [-0.1, -0.05) is 42.8 Å². The van der Waals surface area contributed by atoms with Gasteiger partial charge in [0.15, 0.2) is 0 Å². The van der Waals surface area contributed by atoms with Crippen LogP contribution in [0.15, 0.2) is 48.5 Å². The summed E-state index contributed by atoms with van der Waals surface area (Å²) in [4.78, 5) is 12.1. The molecule has 1 heterocycles. The van der Waals surface area contributed by atoms with Crippen LogP contribution in [0.3, 0.4) is 0 Å². The number of aromatic hydroxyl groups is 1. The Labute approximate surface area is 151 Å². The lowest BCUT2D eigenvalue weighted by molar-refractivity contribution is 0.0684. The van der Waals surface area contributed by atoms with Crippen LogP contribution in [-0.4, -0.2) is 26.8 Å². The van der Waals surface area contributed by atoms with Crippen LogP contribution in [0, 0.1) is 0 Å². The summed E-state index contributed by atoms with van der Waals surface area (Å²) in [6, 6.07) is 15.3. The molecule has 0 amide bonds. The number of rotatable bonds is 6. The van der Waals surface area contributed by atoms with Gasteiger partial charge < -0.3 is 20.1 Å². The van der Waals surface area contributed by atoms with Gasteiger partial charge >= 0.3 is 5.97 Å². The van der Waals surface area contributed by atoms with Crippen molar-refractivity contribution in [3.63, 3.8) is 0 Å². The molecule has 3 aromatic rings. The van der Waals surface area contributed by atoms with Gasteiger partial charge in [0.2, 0.25) is 0 Å². The standard InChI is InChI=1S/C21H22N2O3/c24-19-11-4-1-6-14(19)13-23-18-10-3-2-9-16(18)17(20(23)21(25)26)12-22-15-7-5-8-15/h1-4,6,9-11,15,22,24H,5,7-8,12-13H2,(H,25,26). The second kappa shape index (κ2) is 6.84. The van der Waals surface area contributed by atoms with E-state index in [9.17, 15) is 15.0 Å². The number of carboxylic acid groups (broad SMARTS) is 1. The molecule has 0 spiro atoms. The quantitative estimate of drug-likeness (QED) is 0.633. The molecule has 3 N–H and O–H groups in total. The van der Waals surface area contributed by atoms with E-state index in [1.165, 1.54) is 6.42 Å². The van der Waals surface area contributed by atoms with E-state index >= 15 is 0 Å². The number of para-hydroxylation sites is 2. The minimum atomic E-state index is -0.943. The summed E-state index contributed by atoms with van der Waals surface area (Å²) in [6.45, 7) is 0.860. The molecular weight excluding hydrogens is 328 g/mol. The van der Waals surface area contributed by atoms with Crippen molar-refractivity contribution in [3.05, 3.63) is 65.4 Å². The fourth-order valence-electron chi connectivity index (χ4n) is 3.64. The molecule has 0 bridgehead atoms. The number of hydrogen-bond donors (Lipinski definition) is 3. The van der Waals surface area contributed by atoms with Crippen molar-refractivity contribution < 1.29 is 15.0 Å². The molecule has 134 valence electrons. The van der Waals surface area contributed by atoms with E-state index in [1.807, 2.05) is 36.4 Å².